The summed E-state index contributed by atoms with van der Waals surface area (Å²) in [7, 11) is 1.65. The molecule has 0 spiro atoms. The molecule has 4 heterocycles. The van der Waals surface area contributed by atoms with Crippen LogP contribution in [0.4, 0.5) is 10.5 Å². The summed E-state index contributed by atoms with van der Waals surface area (Å²) in [4.78, 5) is 20.0. The van der Waals surface area contributed by atoms with Gasteiger partial charge < -0.3 is 9.47 Å². The lowest BCUT2D eigenvalue weighted by Gasteiger charge is -2.51. The van der Waals surface area contributed by atoms with Crippen molar-refractivity contribution in [3.63, 3.8) is 0 Å². The lowest BCUT2D eigenvalue weighted by Crippen LogP contribution is -2.55. The number of carbonyl (C=O) groups excluding carboxylic acids is 1. The maximum atomic E-state index is 13.0. The van der Waals surface area contributed by atoms with Crippen molar-refractivity contribution in [1.29, 1.82) is 0 Å². The molecule has 1 N–H and O–H groups in total. The normalized spacial score (nSPS) is 24.8. The molecule has 1 aromatic heterocycles. The third-order valence-electron chi connectivity index (χ3n) is 7.05. The van der Waals surface area contributed by atoms with Gasteiger partial charge in [-0.25, -0.2) is 4.79 Å². The topological polar surface area (TPSA) is 63.7 Å². The molecule has 6 nitrogen and oxygen atoms in total. The number of nitrogens with zero attached hydrogens (tertiary/aromatic N) is 2. The zero-order chi connectivity index (χ0) is 22.8. The Morgan fingerprint density at radius 1 is 1.24 bits per heavy atom. The van der Waals surface area contributed by atoms with Crippen LogP contribution in [0.25, 0.3) is 10.9 Å². The fraction of sp³-hybridized carbons (Fsp3) is 0.333. The fourth-order valence-electron chi connectivity index (χ4n) is 5.35. The van der Waals surface area contributed by atoms with Crippen molar-refractivity contribution in [2.45, 2.75) is 25.0 Å². The summed E-state index contributed by atoms with van der Waals surface area (Å²) in [5.41, 5.74) is 2.51. The molecule has 3 aliphatic rings. The number of anilines is 1. The lowest BCUT2D eigenvalue weighted by atomic mass is 9.73. The molecular weight excluding hydrogens is 414 g/mol. The van der Waals surface area contributed by atoms with Crippen molar-refractivity contribution in [2.75, 3.05) is 25.5 Å². The minimum Gasteiger partial charge on any atom is -0.497 e. The molecule has 0 aliphatic carbocycles. The second-order valence-corrected chi connectivity index (χ2v) is 8.85. The molecule has 5 atom stereocenters. The van der Waals surface area contributed by atoms with Crippen LogP contribution in [0.1, 0.15) is 24.5 Å². The van der Waals surface area contributed by atoms with Gasteiger partial charge >= 0.3 is 6.09 Å². The largest absolute Gasteiger partial charge is 0.497 e. The van der Waals surface area contributed by atoms with E-state index in [-0.39, 0.29) is 6.04 Å². The number of methoxy groups -OCH3 is 1. The number of hydrogen-bond donors (Lipinski definition) is 1. The van der Waals surface area contributed by atoms with E-state index >= 15 is 0 Å². The van der Waals surface area contributed by atoms with E-state index in [0.717, 1.165) is 48.1 Å². The Hall–Kier alpha value is -3.38. The smallest absolute Gasteiger partial charge is 0.412 e. The summed E-state index contributed by atoms with van der Waals surface area (Å²) in [5.74, 6) is 1.80. The van der Waals surface area contributed by atoms with Crippen LogP contribution in [0, 0.1) is 11.8 Å². The average Bonchev–Trinajstić information content (AvgIpc) is 2.87. The quantitative estimate of drug-likeness (QED) is 0.515. The second-order valence-electron chi connectivity index (χ2n) is 8.85. The van der Waals surface area contributed by atoms with Crippen molar-refractivity contribution >= 4 is 22.7 Å². The van der Waals surface area contributed by atoms with E-state index in [9.17, 15) is 4.79 Å². The van der Waals surface area contributed by atoms with Crippen LogP contribution in [-0.4, -0.2) is 42.2 Å². The third-order valence-corrected chi connectivity index (χ3v) is 7.05. The maximum Gasteiger partial charge on any atom is 0.412 e. The van der Waals surface area contributed by atoms with E-state index in [2.05, 4.69) is 27.9 Å². The Bertz CT molecular complexity index is 1150. The number of amides is 1. The Morgan fingerprint density at radius 2 is 2.09 bits per heavy atom. The summed E-state index contributed by atoms with van der Waals surface area (Å²) in [5, 5.41) is 3.82. The van der Waals surface area contributed by atoms with Crippen LogP contribution in [0.5, 0.6) is 5.75 Å². The van der Waals surface area contributed by atoms with Crippen LogP contribution in [0.2, 0.25) is 0 Å². The molecule has 6 rings (SSSR count). The predicted octanol–water partition coefficient (Wildman–Crippen LogP) is 5.43. The Balaban J connectivity index is 1.51. The summed E-state index contributed by atoms with van der Waals surface area (Å²) in [6, 6.07) is 17.3. The summed E-state index contributed by atoms with van der Waals surface area (Å²) >= 11 is 0. The summed E-state index contributed by atoms with van der Waals surface area (Å²) in [6.07, 6.45) is 5.10. The minimum atomic E-state index is -0.457. The van der Waals surface area contributed by atoms with E-state index in [1.807, 2.05) is 54.6 Å². The monoisotopic (exact) mass is 443 g/mol. The highest BCUT2D eigenvalue weighted by Crippen LogP contribution is 2.43. The Labute approximate surface area is 194 Å². The molecular formula is C27H29N3O3. The van der Waals surface area contributed by atoms with Gasteiger partial charge in [-0.1, -0.05) is 24.3 Å². The van der Waals surface area contributed by atoms with Gasteiger partial charge in [-0.15, -0.1) is 6.58 Å². The number of carbonyl (C=O) groups is 1. The first-order valence-corrected chi connectivity index (χ1v) is 11.5. The van der Waals surface area contributed by atoms with Crippen molar-refractivity contribution in [3.05, 3.63) is 79.0 Å². The Kier molecular flexibility index (Phi) is 6.01. The van der Waals surface area contributed by atoms with Crippen molar-refractivity contribution in [3.8, 4) is 5.75 Å². The van der Waals surface area contributed by atoms with E-state index < -0.39 is 12.2 Å². The zero-order valence-corrected chi connectivity index (χ0v) is 18.8. The van der Waals surface area contributed by atoms with Crippen LogP contribution in [-0.2, 0) is 4.74 Å². The lowest BCUT2D eigenvalue weighted by molar-refractivity contribution is -0.0473. The third kappa shape index (κ3) is 4.31. The van der Waals surface area contributed by atoms with Gasteiger partial charge in [-0.2, -0.15) is 0 Å². The fourth-order valence-corrected chi connectivity index (χ4v) is 5.35. The number of pyridine rings is 1. The van der Waals surface area contributed by atoms with Crippen molar-refractivity contribution < 1.29 is 14.3 Å². The number of para-hydroxylation sites is 1. The van der Waals surface area contributed by atoms with Gasteiger partial charge in [0.05, 0.1) is 18.7 Å². The maximum absolute atomic E-state index is 13.0. The average molecular weight is 444 g/mol. The standard InChI is InChI=1S/C27H29N3O3/c1-3-18-17-30-14-12-19(18)15-25(30)26(33-27(31)29-20-7-5-4-6-8-20)22-11-13-28-24-10-9-21(32-2)16-23(22)24/h3-11,13,16,18-19,25-26H,1,12,14-15,17H2,2H3,(H,29,31). The number of rotatable bonds is 6. The minimum absolute atomic E-state index is 0.0956. The number of ether oxygens (including phenoxy) is 2. The highest BCUT2D eigenvalue weighted by Gasteiger charge is 2.44. The molecule has 5 unspecified atom stereocenters. The SMILES string of the molecule is C=CC1CN2CCC1CC2C(OC(=O)Nc1ccccc1)c1ccnc2ccc(OC)cc12. The summed E-state index contributed by atoms with van der Waals surface area (Å²) in [6.45, 7) is 6.00. The number of benzene rings is 2. The van der Waals surface area contributed by atoms with Gasteiger partial charge in [0.2, 0.25) is 0 Å². The van der Waals surface area contributed by atoms with Gasteiger partial charge in [0.25, 0.3) is 0 Å². The molecule has 2 bridgehead atoms. The van der Waals surface area contributed by atoms with E-state index in [0.29, 0.717) is 17.5 Å². The van der Waals surface area contributed by atoms with Crippen molar-refractivity contribution in [1.82, 2.24) is 9.88 Å². The number of aromatic nitrogens is 1. The molecule has 170 valence electrons. The second kappa shape index (κ2) is 9.24. The van der Waals surface area contributed by atoms with Gasteiger partial charge in [0, 0.05) is 29.4 Å². The first-order valence-electron chi connectivity index (χ1n) is 11.5. The molecule has 1 amide bonds. The molecule has 2 aromatic carbocycles. The van der Waals surface area contributed by atoms with Gasteiger partial charge in [-0.3, -0.25) is 15.2 Å². The van der Waals surface area contributed by atoms with Crippen LogP contribution in [0.15, 0.2) is 73.4 Å². The van der Waals surface area contributed by atoms with E-state index in [1.54, 1.807) is 13.3 Å². The predicted molar refractivity (Wildman–Crippen MR) is 129 cm³/mol. The van der Waals surface area contributed by atoms with Crippen LogP contribution >= 0.6 is 0 Å². The molecule has 3 saturated heterocycles. The van der Waals surface area contributed by atoms with Gasteiger partial charge in [0.15, 0.2) is 0 Å². The summed E-state index contributed by atoms with van der Waals surface area (Å²) < 4.78 is 11.7. The first-order chi connectivity index (χ1) is 16.2. The zero-order valence-electron chi connectivity index (χ0n) is 18.8. The first kappa shape index (κ1) is 21.5. The molecule has 3 aliphatic heterocycles. The van der Waals surface area contributed by atoms with Gasteiger partial charge in [-0.05, 0) is 67.6 Å². The highest BCUT2D eigenvalue weighted by molar-refractivity contribution is 5.86. The molecule has 33 heavy (non-hydrogen) atoms. The van der Waals surface area contributed by atoms with E-state index in [1.165, 1.54) is 0 Å². The van der Waals surface area contributed by atoms with Crippen LogP contribution in [0.3, 0.4) is 0 Å². The number of piperidine rings is 3. The van der Waals surface area contributed by atoms with Gasteiger partial charge in [0.1, 0.15) is 11.9 Å². The van der Waals surface area contributed by atoms with Crippen molar-refractivity contribution in [2.24, 2.45) is 11.8 Å². The Morgan fingerprint density at radius 3 is 2.82 bits per heavy atom. The number of nitrogens with one attached hydrogen (secondary N) is 1. The highest BCUT2D eigenvalue weighted by atomic mass is 16.6. The molecule has 0 radical (unpaired) electrons. The molecule has 3 fully saturated rings. The molecule has 0 saturated carbocycles. The molecule has 6 heteroatoms. The number of hydrogen-bond acceptors (Lipinski definition) is 5. The number of fused-ring (bicyclic) bond motifs is 4. The molecule has 3 aromatic rings. The van der Waals surface area contributed by atoms with Crippen LogP contribution < -0.4 is 10.1 Å². The van der Waals surface area contributed by atoms with E-state index in [4.69, 9.17) is 9.47 Å².